The number of rotatable bonds is 6. The summed E-state index contributed by atoms with van der Waals surface area (Å²) in [6.45, 7) is 4.29. The van der Waals surface area contributed by atoms with Gasteiger partial charge in [0.2, 0.25) is 5.91 Å². The Labute approximate surface area is 162 Å². The molecule has 142 valence electrons. The third-order valence-electron chi connectivity index (χ3n) is 4.50. The zero-order valence-electron chi connectivity index (χ0n) is 14.8. The molecule has 0 saturated carbocycles. The van der Waals surface area contributed by atoms with Gasteiger partial charge in [0.25, 0.3) is 5.69 Å². The number of hydrogen-bond donors (Lipinski definition) is 1. The van der Waals surface area contributed by atoms with E-state index in [9.17, 15) is 14.9 Å². The summed E-state index contributed by atoms with van der Waals surface area (Å²) in [6, 6.07) is 14.0. The number of hydrogen-bond acceptors (Lipinski definition) is 5. The highest BCUT2D eigenvalue weighted by molar-refractivity contribution is 6.30. The molecule has 1 heterocycles. The van der Waals surface area contributed by atoms with Gasteiger partial charge < -0.3 is 5.32 Å². The Balaban J connectivity index is 1.48. The number of carbonyl (C=O) groups is 1. The third-order valence-corrected chi connectivity index (χ3v) is 4.74. The van der Waals surface area contributed by atoms with E-state index in [0.29, 0.717) is 0 Å². The highest BCUT2D eigenvalue weighted by Crippen LogP contribution is 2.23. The van der Waals surface area contributed by atoms with Crippen molar-refractivity contribution in [3.8, 4) is 0 Å². The van der Waals surface area contributed by atoms with Gasteiger partial charge in [-0.05, 0) is 23.8 Å². The molecule has 0 aromatic heterocycles. The number of piperazine rings is 1. The summed E-state index contributed by atoms with van der Waals surface area (Å²) in [4.78, 5) is 27.2. The smallest absolute Gasteiger partial charge is 0.292 e. The van der Waals surface area contributed by atoms with E-state index in [1.807, 2.05) is 18.2 Å². The summed E-state index contributed by atoms with van der Waals surface area (Å²) in [5, 5.41) is 14.4. The third kappa shape index (κ3) is 5.50. The Morgan fingerprint density at radius 1 is 1.07 bits per heavy atom. The summed E-state index contributed by atoms with van der Waals surface area (Å²) in [6.07, 6.45) is 0. The van der Waals surface area contributed by atoms with E-state index in [4.69, 9.17) is 11.6 Å². The molecule has 27 heavy (non-hydrogen) atoms. The predicted octanol–water partition coefficient (Wildman–Crippen LogP) is 3.00. The Kier molecular flexibility index (Phi) is 6.39. The molecule has 1 aliphatic rings. The van der Waals surface area contributed by atoms with Gasteiger partial charge in [-0.1, -0.05) is 35.9 Å². The molecule has 1 N–H and O–H groups in total. The van der Waals surface area contributed by atoms with Crippen LogP contribution < -0.4 is 5.32 Å². The van der Waals surface area contributed by atoms with E-state index >= 15 is 0 Å². The summed E-state index contributed by atoms with van der Waals surface area (Å²) < 4.78 is 0. The van der Waals surface area contributed by atoms with Gasteiger partial charge in [-0.25, -0.2) is 0 Å². The topological polar surface area (TPSA) is 78.7 Å². The van der Waals surface area contributed by atoms with Crippen LogP contribution in [0.5, 0.6) is 0 Å². The minimum absolute atomic E-state index is 0.0998. The number of nitro groups is 1. The van der Waals surface area contributed by atoms with Gasteiger partial charge in [-0.2, -0.15) is 0 Å². The normalized spacial score (nSPS) is 15.4. The molecule has 0 radical (unpaired) electrons. The van der Waals surface area contributed by atoms with Crippen molar-refractivity contribution in [2.24, 2.45) is 0 Å². The fourth-order valence-corrected chi connectivity index (χ4v) is 3.34. The summed E-state index contributed by atoms with van der Waals surface area (Å²) in [5.74, 6) is -0.243. The lowest BCUT2D eigenvalue weighted by molar-refractivity contribution is -0.383. The first kappa shape index (κ1) is 19.3. The van der Waals surface area contributed by atoms with E-state index in [0.717, 1.165) is 37.7 Å². The van der Waals surface area contributed by atoms with E-state index < -0.39 is 4.92 Å². The number of nitro benzene ring substituents is 1. The Morgan fingerprint density at radius 2 is 1.78 bits per heavy atom. The fourth-order valence-electron chi connectivity index (χ4n) is 3.13. The van der Waals surface area contributed by atoms with Crippen molar-refractivity contribution in [1.29, 1.82) is 0 Å². The first-order valence-corrected chi connectivity index (χ1v) is 9.11. The zero-order chi connectivity index (χ0) is 19.2. The number of anilines is 1. The summed E-state index contributed by atoms with van der Waals surface area (Å²) in [7, 11) is 0. The van der Waals surface area contributed by atoms with Crippen molar-refractivity contribution in [2.45, 2.75) is 6.54 Å². The highest BCUT2D eigenvalue weighted by atomic mass is 35.5. The maximum Gasteiger partial charge on any atom is 0.292 e. The first-order valence-electron chi connectivity index (χ1n) is 8.74. The summed E-state index contributed by atoms with van der Waals surface area (Å²) >= 11 is 6.03. The van der Waals surface area contributed by atoms with Crippen molar-refractivity contribution in [2.75, 3.05) is 38.0 Å². The van der Waals surface area contributed by atoms with Gasteiger partial charge in [0, 0.05) is 43.8 Å². The van der Waals surface area contributed by atoms with Gasteiger partial charge in [0.1, 0.15) is 5.69 Å². The first-order chi connectivity index (χ1) is 13.0. The Bertz CT molecular complexity index is 822. The average molecular weight is 389 g/mol. The largest absolute Gasteiger partial charge is 0.319 e. The van der Waals surface area contributed by atoms with E-state index in [1.165, 1.54) is 11.6 Å². The Hall–Kier alpha value is -2.48. The average Bonchev–Trinajstić information content (AvgIpc) is 2.63. The second-order valence-electron chi connectivity index (χ2n) is 6.50. The summed E-state index contributed by atoms with van der Waals surface area (Å²) in [5.41, 5.74) is 1.30. The predicted molar refractivity (Wildman–Crippen MR) is 105 cm³/mol. The minimum atomic E-state index is -0.496. The lowest BCUT2D eigenvalue weighted by Gasteiger charge is -2.34. The number of para-hydroxylation sites is 2. The van der Waals surface area contributed by atoms with Gasteiger partial charge in [0.15, 0.2) is 0 Å². The second kappa shape index (κ2) is 8.94. The number of nitrogens with zero attached hydrogens (tertiary/aromatic N) is 3. The minimum Gasteiger partial charge on any atom is -0.319 e. The molecule has 2 aromatic rings. The van der Waals surface area contributed by atoms with Gasteiger partial charge in [-0.15, -0.1) is 0 Å². The second-order valence-corrected chi connectivity index (χ2v) is 6.94. The van der Waals surface area contributed by atoms with Crippen molar-refractivity contribution in [1.82, 2.24) is 9.80 Å². The molecule has 0 aliphatic carbocycles. The van der Waals surface area contributed by atoms with Gasteiger partial charge in [0.05, 0.1) is 11.5 Å². The molecule has 0 spiro atoms. The number of carbonyl (C=O) groups excluding carboxylic acids is 1. The molecule has 2 aromatic carbocycles. The van der Waals surface area contributed by atoms with Crippen LogP contribution in [-0.4, -0.2) is 53.4 Å². The number of nitrogens with one attached hydrogen (secondary N) is 1. The van der Waals surface area contributed by atoms with Crippen LogP contribution in [0.1, 0.15) is 5.56 Å². The number of halogens is 1. The van der Waals surface area contributed by atoms with Gasteiger partial charge >= 0.3 is 0 Å². The quantitative estimate of drug-likeness (QED) is 0.608. The molecule has 8 heteroatoms. The van der Waals surface area contributed by atoms with E-state index in [2.05, 4.69) is 21.2 Å². The Morgan fingerprint density at radius 3 is 2.48 bits per heavy atom. The SMILES string of the molecule is O=C(CN1CCN(Cc2cccc(Cl)c2)CC1)Nc1ccccc1[N+](=O)[O-]. The van der Waals surface area contributed by atoms with Crippen LogP contribution in [-0.2, 0) is 11.3 Å². The molecular weight excluding hydrogens is 368 g/mol. The molecule has 0 atom stereocenters. The monoisotopic (exact) mass is 388 g/mol. The standard InChI is InChI=1S/C19H21ClN4O3/c20-16-5-3-4-15(12-16)13-22-8-10-23(11-9-22)14-19(25)21-17-6-1-2-7-18(17)24(26)27/h1-7,12H,8-11,13-14H2,(H,21,25). The van der Waals surface area contributed by atoms with Crippen molar-refractivity contribution in [3.05, 3.63) is 69.2 Å². The van der Waals surface area contributed by atoms with Crippen LogP contribution in [0.15, 0.2) is 48.5 Å². The highest BCUT2D eigenvalue weighted by Gasteiger charge is 2.21. The van der Waals surface area contributed by atoms with Crippen molar-refractivity contribution < 1.29 is 9.72 Å². The molecule has 1 fully saturated rings. The lowest BCUT2D eigenvalue weighted by atomic mass is 10.2. The number of benzene rings is 2. The van der Waals surface area contributed by atoms with Gasteiger partial charge in [-0.3, -0.25) is 24.7 Å². The van der Waals surface area contributed by atoms with Crippen LogP contribution in [0.2, 0.25) is 5.02 Å². The maximum atomic E-state index is 12.3. The van der Waals surface area contributed by atoms with Crippen LogP contribution >= 0.6 is 11.6 Å². The fraction of sp³-hybridized carbons (Fsp3) is 0.316. The van der Waals surface area contributed by atoms with E-state index in [1.54, 1.807) is 18.2 Å². The maximum absolute atomic E-state index is 12.3. The van der Waals surface area contributed by atoms with Crippen LogP contribution in [0, 0.1) is 10.1 Å². The molecule has 0 unspecified atom stereocenters. The molecule has 3 rings (SSSR count). The zero-order valence-corrected chi connectivity index (χ0v) is 15.6. The van der Waals surface area contributed by atoms with Crippen molar-refractivity contribution >= 4 is 28.9 Å². The lowest BCUT2D eigenvalue weighted by Crippen LogP contribution is -2.48. The number of amides is 1. The van der Waals surface area contributed by atoms with E-state index in [-0.39, 0.29) is 23.8 Å². The molecule has 1 saturated heterocycles. The molecule has 0 bridgehead atoms. The van der Waals surface area contributed by atoms with Crippen molar-refractivity contribution in [3.63, 3.8) is 0 Å². The van der Waals surface area contributed by atoms with Crippen LogP contribution in [0.3, 0.4) is 0 Å². The molecule has 1 aliphatic heterocycles. The molecule has 7 nitrogen and oxygen atoms in total. The molecule has 1 amide bonds. The molecular formula is C19H21ClN4O3. The van der Waals surface area contributed by atoms with Crippen LogP contribution in [0.4, 0.5) is 11.4 Å². The van der Waals surface area contributed by atoms with Crippen LogP contribution in [0.25, 0.3) is 0 Å².